The standard InChI is InChI=1S/C17H18N2O4/c1-3-21-17(20)14-9-13(23-19-14)10-18-11(2)16-8-12-6-4-5-7-15(12)22-16/h4-9,11,18H,3,10H2,1-2H3/t11-/m1/s1. The van der Waals surface area contributed by atoms with Gasteiger partial charge in [0.15, 0.2) is 11.5 Å². The molecule has 2 heterocycles. The highest BCUT2D eigenvalue weighted by atomic mass is 16.5. The number of hydrogen-bond donors (Lipinski definition) is 1. The van der Waals surface area contributed by atoms with Crippen LogP contribution in [-0.2, 0) is 11.3 Å². The molecule has 3 rings (SSSR count). The highest BCUT2D eigenvalue weighted by molar-refractivity contribution is 5.87. The predicted octanol–water partition coefficient (Wildman–Crippen LogP) is 3.45. The molecule has 0 bridgehead atoms. The minimum atomic E-state index is -0.479. The lowest BCUT2D eigenvalue weighted by molar-refractivity contribution is 0.0514. The molecule has 0 aliphatic rings. The minimum absolute atomic E-state index is 0.00135. The summed E-state index contributed by atoms with van der Waals surface area (Å²) in [7, 11) is 0. The SMILES string of the molecule is CCOC(=O)c1cc(CN[C@H](C)c2cc3ccccc3o2)on1. The van der Waals surface area contributed by atoms with Crippen LogP contribution in [0.4, 0.5) is 0 Å². The third-order valence-corrected chi connectivity index (χ3v) is 3.50. The summed E-state index contributed by atoms with van der Waals surface area (Å²) in [4.78, 5) is 11.5. The van der Waals surface area contributed by atoms with Crippen LogP contribution in [0.3, 0.4) is 0 Å². The van der Waals surface area contributed by atoms with E-state index in [-0.39, 0.29) is 11.7 Å². The van der Waals surface area contributed by atoms with Crippen molar-refractivity contribution in [3.05, 3.63) is 53.6 Å². The number of nitrogens with one attached hydrogen (secondary N) is 1. The van der Waals surface area contributed by atoms with Gasteiger partial charge in [-0.3, -0.25) is 0 Å². The molecule has 0 spiro atoms. The fourth-order valence-electron chi connectivity index (χ4n) is 2.27. The van der Waals surface area contributed by atoms with Crippen molar-refractivity contribution in [2.75, 3.05) is 6.61 Å². The number of rotatable bonds is 6. The van der Waals surface area contributed by atoms with Gasteiger partial charge >= 0.3 is 5.97 Å². The van der Waals surface area contributed by atoms with E-state index in [0.29, 0.717) is 18.9 Å². The molecule has 120 valence electrons. The van der Waals surface area contributed by atoms with Gasteiger partial charge in [-0.05, 0) is 26.0 Å². The normalized spacial score (nSPS) is 12.4. The second-order valence-corrected chi connectivity index (χ2v) is 5.19. The molecule has 0 amide bonds. The Morgan fingerprint density at radius 1 is 1.35 bits per heavy atom. The lowest BCUT2D eigenvalue weighted by Crippen LogP contribution is -2.17. The van der Waals surface area contributed by atoms with Gasteiger partial charge in [0, 0.05) is 11.5 Å². The van der Waals surface area contributed by atoms with Gasteiger partial charge in [-0.15, -0.1) is 0 Å². The number of para-hydroxylation sites is 1. The summed E-state index contributed by atoms with van der Waals surface area (Å²) in [6.45, 7) is 4.49. The van der Waals surface area contributed by atoms with Gasteiger partial charge in [0.2, 0.25) is 0 Å². The number of carbonyl (C=O) groups is 1. The Bertz CT molecular complexity index is 773. The number of ether oxygens (including phenoxy) is 1. The molecule has 1 N–H and O–H groups in total. The number of carbonyl (C=O) groups excluding carboxylic acids is 1. The third-order valence-electron chi connectivity index (χ3n) is 3.50. The zero-order chi connectivity index (χ0) is 16.2. The van der Waals surface area contributed by atoms with Crippen molar-refractivity contribution in [3.8, 4) is 0 Å². The van der Waals surface area contributed by atoms with Crippen LogP contribution in [0.15, 0.2) is 45.3 Å². The van der Waals surface area contributed by atoms with Gasteiger partial charge in [-0.1, -0.05) is 23.4 Å². The molecule has 0 unspecified atom stereocenters. The monoisotopic (exact) mass is 314 g/mol. The van der Waals surface area contributed by atoms with E-state index in [9.17, 15) is 4.79 Å². The third kappa shape index (κ3) is 3.43. The number of nitrogens with zero attached hydrogens (tertiary/aromatic N) is 1. The van der Waals surface area contributed by atoms with Gasteiger partial charge in [0.1, 0.15) is 11.3 Å². The largest absolute Gasteiger partial charge is 0.461 e. The van der Waals surface area contributed by atoms with Crippen LogP contribution in [0.25, 0.3) is 11.0 Å². The molecule has 0 saturated carbocycles. The fourth-order valence-corrected chi connectivity index (χ4v) is 2.27. The number of furan rings is 1. The summed E-state index contributed by atoms with van der Waals surface area (Å²) >= 11 is 0. The summed E-state index contributed by atoms with van der Waals surface area (Å²) in [6, 6.07) is 11.5. The highest BCUT2D eigenvalue weighted by Crippen LogP contribution is 2.23. The predicted molar refractivity (Wildman–Crippen MR) is 83.9 cm³/mol. The summed E-state index contributed by atoms with van der Waals surface area (Å²) < 4.78 is 15.8. The molecule has 23 heavy (non-hydrogen) atoms. The van der Waals surface area contributed by atoms with E-state index < -0.39 is 5.97 Å². The summed E-state index contributed by atoms with van der Waals surface area (Å²) in [5.41, 5.74) is 1.04. The minimum Gasteiger partial charge on any atom is -0.461 e. The second-order valence-electron chi connectivity index (χ2n) is 5.19. The van der Waals surface area contributed by atoms with E-state index in [1.807, 2.05) is 37.3 Å². The van der Waals surface area contributed by atoms with E-state index >= 15 is 0 Å². The second kappa shape index (κ2) is 6.66. The van der Waals surface area contributed by atoms with Crippen molar-refractivity contribution < 1.29 is 18.5 Å². The Morgan fingerprint density at radius 3 is 2.96 bits per heavy atom. The number of fused-ring (bicyclic) bond motifs is 1. The first-order valence-electron chi connectivity index (χ1n) is 7.52. The number of benzene rings is 1. The summed E-state index contributed by atoms with van der Waals surface area (Å²) in [6.07, 6.45) is 0. The van der Waals surface area contributed by atoms with Crippen molar-refractivity contribution >= 4 is 16.9 Å². The molecule has 6 nitrogen and oxygen atoms in total. The van der Waals surface area contributed by atoms with Gasteiger partial charge in [-0.2, -0.15) is 0 Å². The first-order chi connectivity index (χ1) is 11.2. The smallest absolute Gasteiger partial charge is 0.360 e. The van der Waals surface area contributed by atoms with Crippen LogP contribution in [0.1, 0.15) is 41.9 Å². The Kier molecular flexibility index (Phi) is 4.43. The van der Waals surface area contributed by atoms with Crippen LogP contribution >= 0.6 is 0 Å². The zero-order valence-corrected chi connectivity index (χ0v) is 13.0. The molecule has 0 saturated heterocycles. The maximum absolute atomic E-state index is 11.5. The van der Waals surface area contributed by atoms with Crippen LogP contribution < -0.4 is 5.32 Å². The van der Waals surface area contributed by atoms with Gasteiger partial charge in [0.25, 0.3) is 0 Å². The van der Waals surface area contributed by atoms with E-state index in [0.717, 1.165) is 16.7 Å². The molecule has 1 atom stereocenters. The van der Waals surface area contributed by atoms with Crippen LogP contribution in [-0.4, -0.2) is 17.7 Å². The molecule has 1 aromatic carbocycles. The first-order valence-corrected chi connectivity index (χ1v) is 7.52. The van der Waals surface area contributed by atoms with Gasteiger partial charge in [-0.25, -0.2) is 4.79 Å². The summed E-state index contributed by atoms with van der Waals surface area (Å²) in [5, 5.41) is 8.06. The van der Waals surface area contributed by atoms with E-state index in [2.05, 4.69) is 10.5 Å². The lowest BCUT2D eigenvalue weighted by atomic mass is 10.2. The molecule has 2 aromatic heterocycles. The average Bonchev–Trinajstić information content (AvgIpc) is 3.19. The topological polar surface area (TPSA) is 77.5 Å². The maximum Gasteiger partial charge on any atom is 0.360 e. The Balaban J connectivity index is 1.62. The maximum atomic E-state index is 11.5. The quantitative estimate of drug-likeness (QED) is 0.702. The Labute approximate surface area is 133 Å². The number of esters is 1. The van der Waals surface area contributed by atoms with Crippen LogP contribution in [0, 0.1) is 0 Å². The van der Waals surface area contributed by atoms with Gasteiger partial charge < -0.3 is 19.0 Å². The van der Waals surface area contributed by atoms with Crippen molar-refractivity contribution in [2.24, 2.45) is 0 Å². The molecular weight excluding hydrogens is 296 g/mol. The van der Waals surface area contributed by atoms with Crippen molar-refractivity contribution in [3.63, 3.8) is 0 Å². The summed E-state index contributed by atoms with van der Waals surface area (Å²) in [5.74, 6) is 0.931. The van der Waals surface area contributed by atoms with Crippen LogP contribution in [0.2, 0.25) is 0 Å². The van der Waals surface area contributed by atoms with Gasteiger partial charge in [0.05, 0.1) is 19.2 Å². The molecule has 0 radical (unpaired) electrons. The van der Waals surface area contributed by atoms with E-state index in [1.165, 1.54) is 0 Å². The fraction of sp³-hybridized carbons (Fsp3) is 0.294. The number of hydrogen-bond acceptors (Lipinski definition) is 6. The molecule has 6 heteroatoms. The van der Waals surface area contributed by atoms with Crippen molar-refractivity contribution in [2.45, 2.75) is 26.4 Å². The Morgan fingerprint density at radius 2 is 2.17 bits per heavy atom. The molecule has 3 aromatic rings. The highest BCUT2D eigenvalue weighted by Gasteiger charge is 2.15. The zero-order valence-electron chi connectivity index (χ0n) is 13.0. The lowest BCUT2D eigenvalue weighted by Gasteiger charge is -2.08. The molecular formula is C17H18N2O4. The number of aromatic nitrogens is 1. The van der Waals surface area contributed by atoms with E-state index in [4.69, 9.17) is 13.7 Å². The van der Waals surface area contributed by atoms with Crippen LogP contribution in [0.5, 0.6) is 0 Å². The molecule has 0 fully saturated rings. The van der Waals surface area contributed by atoms with Crippen molar-refractivity contribution in [1.29, 1.82) is 0 Å². The molecule has 0 aliphatic heterocycles. The average molecular weight is 314 g/mol. The van der Waals surface area contributed by atoms with Crippen molar-refractivity contribution in [1.82, 2.24) is 10.5 Å². The first kappa shape index (κ1) is 15.3. The Hall–Kier alpha value is -2.60. The molecule has 0 aliphatic carbocycles. The van der Waals surface area contributed by atoms with E-state index in [1.54, 1.807) is 13.0 Å².